The van der Waals surface area contributed by atoms with Crippen LogP contribution in [0, 0.1) is 17.8 Å². The first-order chi connectivity index (χ1) is 6.91. The highest BCUT2D eigenvalue weighted by Crippen LogP contribution is 2.42. The minimum absolute atomic E-state index is 0.261. The SMILES string of the molecule is CC1=C2NC(C)(C)CC(C)C2C(C)C=C1. The molecule has 1 heteroatoms. The Kier molecular flexibility index (Phi) is 2.44. The molecule has 0 spiro atoms. The van der Waals surface area contributed by atoms with Crippen LogP contribution < -0.4 is 5.32 Å². The van der Waals surface area contributed by atoms with Gasteiger partial charge in [0.05, 0.1) is 0 Å². The van der Waals surface area contributed by atoms with Crippen LogP contribution in [0.1, 0.15) is 41.0 Å². The molecule has 2 rings (SSSR count). The predicted molar refractivity (Wildman–Crippen MR) is 65.5 cm³/mol. The summed E-state index contributed by atoms with van der Waals surface area (Å²) in [6.45, 7) is 11.6. The van der Waals surface area contributed by atoms with Crippen LogP contribution in [0.5, 0.6) is 0 Å². The maximum Gasteiger partial charge on any atom is 0.0317 e. The number of hydrogen-bond acceptors (Lipinski definition) is 1. The van der Waals surface area contributed by atoms with E-state index in [1.54, 1.807) is 0 Å². The van der Waals surface area contributed by atoms with Crippen molar-refractivity contribution in [1.82, 2.24) is 5.32 Å². The summed E-state index contributed by atoms with van der Waals surface area (Å²) < 4.78 is 0. The molecule has 0 aromatic rings. The Bertz CT molecular complexity index is 322. The highest BCUT2D eigenvalue weighted by Gasteiger charge is 2.38. The smallest absolute Gasteiger partial charge is 0.0317 e. The maximum absolute atomic E-state index is 3.73. The minimum Gasteiger partial charge on any atom is -0.383 e. The summed E-state index contributed by atoms with van der Waals surface area (Å²) in [6.07, 6.45) is 5.91. The lowest BCUT2D eigenvalue weighted by Gasteiger charge is -2.46. The molecule has 0 bridgehead atoms. The first kappa shape index (κ1) is 10.8. The lowest BCUT2D eigenvalue weighted by molar-refractivity contribution is 0.183. The Hall–Kier alpha value is -0.720. The molecule has 1 heterocycles. The molecule has 84 valence electrons. The Morgan fingerprint density at radius 2 is 2.00 bits per heavy atom. The summed E-state index contributed by atoms with van der Waals surface area (Å²) in [7, 11) is 0. The normalized spacial score (nSPS) is 38.6. The number of piperidine rings is 1. The van der Waals surface area contributed by atoms with Gasteiger partial charge < -0.3 is 5.32 Å². The second-order valence-electron chi connectivity index (χ2n) is 6.03. The summed E-state index contributed by atoms with van der Waals surface area (Å²) in [6, 6.07) is 0. The van der Waals surface area contributed by atoms with Crippen molar-refractivity contribution in [3.8, 4) is 0 Å². The summed E-state index contributed by atoms with van der Waals surface area (Å²) >= 11 is 0. The molecule has 3 atom stereocenters. The Morgan fingerprint density at radius 3 is 2.67 bits per heavy atom. The number of hydrogen-bond donors (Lipinski definition) is 1. The molecule has 2 aliphatic rings. The van der Waals surface area contributed by atoms with Crippen LogP contribution in [-0.2, 0) is 0 Å². The maximum atomic E-state index is 3.73. The van der Waals surface area contributed by atoms with Crippen LogP contribution in [0.4, 0.5) is 0 Å². The third kappa shape index (κ3) is 1.84. The summed E-state index contributed by atoms with van der Waals surface area (Å²) in [5.74, 6) is 2.18. The topological polar surface area (TPSA) is 12.0 Å². The fraction of sp³-hybridized carbons (Fsp3) is 0.714. The van der Waals surface area contributed by atoms with Crippen molar-refractivity contribution >= 4 is 0 Å². The van der Waals surface area contributed by atoms with Crippen LogP contribution in [0.3, 0.4) is 0 Å². The fourth-order valence-corrected chi connectivity index (χ4v) is 3.36. The van der Waals surface area contributed by atoms with E-state index in [1.807, 2.05) is 0 Å². The Morgan fingerprint density at radius 1 is 1.33 bits per heavy atom. The summed E-state index contributed by atoms with van der Waals surface area (Å²) in [5, 5.41) is 3.73. The molecule has 0 amide bonds. The van der Waals surface area contributed by atoms with E-state index in [0.29, 0.717) is 11.8 Å². The molecule has 1 fully saturated rings. The van der Waals surface area contributed by atoms with Crippen LogP contribution in [0.25, 0.3) is 0 Å². The standard InChI is InChI=1S/C14H23N/c1-9-6-7-10(2)13-12(9)11(3)8-14(4,5)15-13/h6-7,9,11-12,15H,8H2,1-5H3. The van der Waals surface area contributed by atoms with Gasteiger partial charge in [0.25, 0.3) is 0 Å². The molecular weight excluding hydrogens is 182 g/mol. The predicted octanol–water partition coefficient (Wildman–Crippen LogP) is 3.49. The lowest BCUT2D eigenvalue weighted by Crippen LogP contribution is -2.50. The molecule has 0 aromatic carbocycles. The van der Waals surface area contributed by atoms with E-state index in [0.717, 1.165) is 5.92 Å². The van der Waals surface area contributed by atoms with Gasteiger partial charge in [-0.05, 0) is 44.6 Å². The molecule has 1 saturated heterocycles. The Balaban J connectivity index is 2.37. The van der Waals surface area contributed by atoms with E-state index >= 15 is 0 Å². The third-order valence-corrected chi connectivity index (χ3v) is 3.89. The van der Waals surface area contributed by atoms with Gasteiger partial charge in [-0.1, -0.05) is 26.0 Å². The Labute approximate surface area is 93.6 Å². The molecule has 15 heavy (non-hydrogen) atoms. The van der Waals surface area contributed by atoms with Crippen molar-refractivity contribution in [2.75, 3.05) is 0 Å². The molecule has 3 unspecified atom stereocenters. The van der Waals surface area contributed by atoms with Crippen molar-refractivity contribution in [2.45, 2.75) is 46.6 Å². The second kappa shape index (κ2) is 3.40. The van der Waals surface area contributed by atoms with Crippen LogP contribution in [-0.4, -0.2) is 5.54 Å². The van der Waals surface area contributed by atoms with Gasteiger partial charge in [0.1, 0.15) is 0 Å². The van der Waals surface area contributed by atoms with Crippen molar-refractivity contribution in [2.24, 2.45) is 17.8 Å². The van der Waals surface area contributed by atoms with E-state index < -0.39 is 0 Å². The number of rotatable bonds is 0. The molecule has 0 aromatic heterocycles. The van der Waals surface area contributed by atoms with Gasteiger partial charge in [0, 0.05) is 17.2 Å². The molecule has 1 N–H and O–H groups in total. The average molecular weight is 205 g/mol. The van der Waals surface area contributed by atoms with Crippen LogP contribution >= 0.6 is 0 Å². The largest absolute Gasteiger partial charge is 0.383 e. The zero-order valence-corrected chi connectivity index (χ0v) is 10.6. The molecular formula is C14H23N. The monoisotopic (exact) mass is 205 g/mol. The van der Waals surface area contributed by atoms with Gasteiger partial charge in [0.2, 0.25) is 0 Å². The molecule has 1 nitrogen and oxygen atoms in total. The zero-order valence-electron chi connectivity index (χ0n) is 10.6. The summed E-state index contributed by atoms with van der Waals surface area (Å²) in [4.78, 5) is 0. The van der Waals surface area contributed by atoms with Gasteiger partial charge in [0.15, 0.2) is 0 Å². The number of allylic oxidation sites excluding steroid dienone is 4. The minimum atomic E-state index is 0.261. The van der Waals surface area contributed by atoms with Crippen molar-refractivity contribution in [3.05, 3.63) is 23.4 Å². The van der Waals surface area contributed by atoms with E-state index in [2.05, 4.69) is 52.1 Å². The van der Waals surface area contributed by atoms with E-state index in [-0.39, 0.29) is 5.54 Å². The number of nitrogens with one attached hydrogen (secondary N) is 1. The number of fused-ring (bicyclic) bond motifs is 1. The summed E-state index contributed by atoms with van der Waals surface area (Å²) in [5.41, 5.74) is 3.18. The van der Waals surface area contributed by atoms with Gasteiger partial charge in [-0.25, -0.2) is 0 Å². The van der Waals surface area contributed by atoms with Crippen molar-refractivity contribution < 1.29 is 0 Å². The highest BCUT2D eigenvalue weighted by atomic mass is 15.0. The van der Waals surface area contributed by atoms with Gasteiger partial charge in [-0.15, -0.1) is 0 Å². The molecule has 0 radical (unpaired) electrons. The first-order valence-corrected chi connectivity index (χ1v) is 6.08. The van der Waals surface area contributed by atoms with Gasteiger partial charge in [-0.2, -0.15) is 0 Å². The van der Waals surface area contributed by atoms with Gasteiger partial charge >= 0.3 is 0 Å². The molecule has 1 aliphatic carbocycles. The third-order valence-electron chi connectivity index (χ3n) is 3.89. The quantitative estimate of drug-likeness (QED) is 0.638. The molecule has 1 aliphatic heterocycles. The fourth-order valence-electron chi connectivity index (χ4n) is 3.36. The van der Waals surface area contributed by atoms with Crippen molar-refractivity contribution in [1.29, 1.82) is 0 Å². The van der Waals surface area contributed by atoms with Gasteiger partial charge in [-0.3, -0.25) is 0 Å². The van der Waals surface area contributed by atoms with E-state index in [9.17, 15) is 0 Å². The average Bonchev–Trinajstić information content (AvgIpc) is 2.09. The first-order valence-electron chi connectivity index (χ1n) is 6.08. The van der Waals surface area contributed by atoms with Crippen LogP contribution in [0.15, 0.2) is 23.4 Å². The molecule has 0 saturated carbocycles. The van der Waals surface area contributed by atoms with E-state index in [4.69, 9.17) is 0 Å². The van der Waals surface area contributed by atoms with Crippen LogP contribution in [0.2, 0.25) is 0 Å². The van der Waals surface area contributed by atoms with Crippen molar-refractivity contribution in [3.63, 3.8) is 0 Å². The zero-order chi connectivity index (χ0) is 11.2. The second-order valence-corrected chi connectivity index (χ2v) is 6.03. The lowest BCUT2D eigenvalue weighted by atomic mass is 9.69. The highest BCUT2D eigenvalue weighted by molar-refractivity contribution is 5.33. The van der Waals surface area contributed by atoms with E-state index in [1.165, 1.54) is 17.7 Å².